The first-order valence-electron chi connectivity index (χ1n) is 6.85. The average Bonchev–Trinajstić information content (AvgIpc) is 2.59. The zero-order chi connectivity index (χ0) is 16.8. The Bertz CT molecular complexity index is 681. The minimum Gasteiger partial charge on any atom is -0.504 e. The summed E-state index contributed by atoms with van der Waals surface area (Å²) in [6, 6.07) is 10.4. The van der Waals surface area contributed by atoms with Crippen molar-refractivity contribution in [2.75, 3.05) is 27.9 Å². The van der Waals surface area contributed by atoms with Gasteiger partial charge in [-0.3, -0.25) is 4.79 Å². The standard InChI is InChI=1S/C17H18O6/c1-20-13-9-14(21-2)17(22-3)16(19)15(13)12(18)10-23-11-7-5-4-6-8-11/h4-9,19H,10H2,1-3H3. The van der Waals surface area contributed by atoms with Crippen LogP contribution in [0, 0.1) is 0 Å². The summed E-state index contributed by atoms with van der Waals surface area (Å²) < 4.78 is 20.8. The molecule has 0 spiro atoms. The second-order valence-corrected chi connectivity index (χ2v) is 4.56. The van der Waals surface area contributed by atoms with Crippen molar-refractivity contribution >= 4 is 5.78 Å². The largest absolute Gasteiger partial charge is 0.504 e. The Morgan fingerprint density at radius 2 is 1.65 bits per heavy atom. The number of hydrogen-bond acceptors (Lipinski definition) is 6. The second kappa shape index (κ2) is 7.40. The van der Waals surface area contributed by atoms with Gasteiger partial charge in [-0.15, -0.1) is 0 Å². The molecule has 23 heavy (non-hydrogen) atoms. The van der Waals surface area contributed by atoms with Crippen LogP contribution in [0.4, 0.5) is 0 Å². The van der Waals surface area contributed by atoms with Crippen LogP contribution in [0.3, 0.4) is 0 Å². The first-order valence-corrected chi connectivity index (χ1v) is 6.85. The van der Waals surface area contributed by atoms with Crippen LogP contribution in [-0.4, -0.2) is 38.8 Å². The third kappa shape index (κ3) is 3.48. The Hall–Kier alpha value is -2.89. The maximum absolute atomic E-state index is 12.4. The number of benzene rings is 2. The van der Waals surface area contributed by atoms with E-state index < -0.39 is 5.78 Å². The van der Waals surface area contributed by atoms with Gasteiger partial charge in [0.05, 0.1) is 21.3 Å². The van der Waals surface area contributed by atoms with Gasteiger partial charge in [-0.05, 0) is 12.1 Å². The van der Waals surface area contributed by atoms with Crippen LogP contribution >= 0.6 is 0 Å². The van der Waals surface area contributed by atoms with Crippen molar-refractivity contribution in [1.29, 1.82) is 0 Å². The van der Waals surface area contributed by atoms with E-state index >= 15 is 0 Å². The van der Waals surface area contributed by atoms with E-state index in [9.17, 15) is 9.90 Å². The fraction of sp³-hybridized carbons (Fsp3) is 0.235. The van der Waals surface area contributed by atoms with Crippen LogP contribution in [0.25, 0.3) is 0 Å². The Balaban J connectivity index is 2.31. The van der Waals surface area contributed by atoms with Crippen molar-refractivity contribution in [2.45, 2.75) is 0 Å². The Morgan fingerprint density at radius 3 is 2.22 bits per heavy atom. The lowest BCUT2D eigenvalue weighted by atomic mass is 10.1. The molecule has 0 unspecified atom stereocenters. The number of phenols is 1. The average molecular weight is 318 g/mol. The van der Waals surface area contributed by atoms with Gasteiger partial charge in [0, 0.05) is 6.07 Å². The lowest BCUT2D eigenvalue weighted by molar-refractivity contribution is 0.0914. The molecule has 0 heterocycles. The molecule has 0 amide bonds. The smallest absolute Gasteiger partial charge is 0.207 e. The summed E-state index contributed by atoms with van der Waals surface area (Å²) in [6.45, 7) is -0.247. The minimum absolute atomic E-state index is 0.0129. The number of rotatable bonds is 7. The number of aromatic hydroxyl groups is 1. The van der Waals surface area contributed by atoms with Crippen molar-refractivity contribution in [1.82, 2.24) is 0 Å². The van der Waals surface area contributed by atoms with Crippen LogP contribution in [0.1, 0.15) is 10.4 Å². The maximum Gasteiger partial charge on any atom is 0.207 e. The second-order valence-electron chi connectivity index (χ2n) is 4.56. The number of methoxy groups -OCH3 is 3. The van der Waals surface area contributed by atoms with Crippen molar-refractivity contribution in [3.8, 4) is 28.7 Å². The predicted molar refractivity (Wildman–Crippen MR) is 84.0 cm³/mol. The SMILES string of the molecule is COc1cc(OC)c(C(=O)COc2ccccc2)c(O)c1OC. The normalized spacial score (nSPS) is 10.0. The molecule has 0 aromatic heterocycles. The molecule has 0 fully saturated rings. The number of para-hydroxylation sites is 1. The summed E-state index contributed by atoms with van der Waals surface area (Å²) in [6.07, 6.45) is 0. The first-order chi connectivity index (χ1) is 11.1. The fourth-order valence-electron chi connectivity index (χ4n) is 2.12. The summed E-state index contributed by atoms with van der Waals surface area (Å²) in [5.74, 6) is 0.287. The van der Waals surface area contributed by atoms with Gasteiger partial charge < -0.3 is 24.1 Å². The number of carbonyl (C=O) groups is 1. The Labute approximate surface area is 134 Å². The summed E-state index contributed by atoms with van der Waals surface area (Å²) in [4.78, 5) is 12.4. The van der Waals surface area contributed by atoms with E-state index in [2.05, 4.69) is 0 Å². The molecule has 6 nitrogen and oxygen atoms in total. The first kappa shape index (κ1) is 16.5. The highest BCUT2D eigenvalue weighted by Crippen LogP contribution is 2.44. The van der Waals surface area contributed by atoms with Gasteiger partial charge in [-0.2, -0.15) is 0 Å². The van der Waals surface area contributed by atoms with E-state index in [0.717, 1.165) is 0 Å². The van der Waals surface area contributed by atoms with E-state index in [1.165, 1.54) is 27.4 Å². The molecular formula is C17H18O6. The quantitative estimate of drug-likeness (QED) is 0.791. The fourth-order valence-corrected chi connectivity index (χ4v) is 2.12. The lowest BCUT2D eigenvalue weighted by Gasteiger charge is -2.16. The Kier molecular flexibility index (Phi) is 5.30. The zero-order valence-corrected chi connectivity index (χ0v) is 13.2. The molecule has 1 N–H and O–H groups in total. The van der Waals surface area contributed by atoms with E-state index in [1.807, 2.05) is 6.07 Å². The number of Topliss-reactive ketones (excluding diaryl/α,β-unsaturated/α-hetero) is 1. The van der Waals surface area contributed by atoms with Gasteiger partial charge in [0.2, 0.25) is 11.5 Å². The number of phenolic OH excluding ortho intramolecular Hbond substituents is 1. The third-order valence-corrected chi connectivity index (χ3v) is 3.22. The molecule has 0 saturated heterocycles. The monoisotopic (exact) mass is 318 g/mol. The highest BCUT2D eigenvalue weighted by atomic mass is 16.5. The van der Waals surface area contributed by atoms with Crippen molar-refractivity contribution in [3.05, 3.63) is 42.0 Å². The summed E-state index contributed by atoms with van der Waals surface area (Å²) in [7, 11) is 4.20. The van der Waals surface area contributed by atoms with E-state index in [0.29, 0.717) is 5.75 Å². The molecule has 0 aliphatic rings. The van der Waals surface area contributed by atoms with Crippen molar-refractivity contribution in [2.24, 2.45) is 0 Å². The minimum atomic E-state index is -0.441. The third-order valence-electron chi connectivity index (χ3n) is 3.22. The van der Waals surface area contributed by atoms with Crippen molar-refractivity contribution in [3.63, 3.8) is 0 Å². The molecule has 122 valence electrons. The predicted octanol–water partition coefficient (Wildman–Crippen LogP) is 2.68. The highest BCUT2D eigenvalue weighted by molar-refractivity contribution is 6.03. The molecular weight excluding hydrogens is 300 g/mol. The molecule has 0 bridgehead atoms. The van der Waals surface area contributed by atoms with Gasteiger partial charge in [-0.25, -0.2) is 0 Å². The molecule has 2 aromatic carbocycles. The molecule has 0 aliphatic carbocycles. The molecule has 0 saturated carbocycles. The van der Waals surface area contributed by atoms with E-state index in [-0.39, 0.29) is 35.2 Å². The lowest BCUT2D eigenvalue weighted by Crippen LogP contribution is -2.13. The van der Waals surface area contributed by atoms with Gasteiger partial charge in [0.1, 0.15) is 17.1 Å². The van der Waals surface area contributed by atoms with Crippen LogP contribution in [0.15, 0.2) is 36.4 Å². The summed E-state index contributed by atoms with van der Waals surface area (Å²) >= 11 is 0. The van der Waals surface area contributed by atoms with E-state index in [4.69, 9.17) is 18.9 Å². The zero-order valence-electron chi connectivity index (χ0n) is 13.2. The van der Waals surface area contributed by atoms with Crippen molar-refractivity contribution < 1.29 is 28.8 Å². The summed E-state index contributed by atoms with van der Waals surface area (Å²) in [5, 5.41) is 10.3. The number of ether oxygens (including phenoxy) is 4. The molecule has 2 rings (SSSR count). The molecule has 2 aromatic rings. The molecule has 0 atom stereocenters. The van der Waals surface area contributed by atoms with Crippen LogP contribution in [0.2, 0.25) is 0 Å². The topological polar surface area (TPSA) is 74.2 Å². The Morgan fingerprint density at radius 1 is 1.00 bits per heavy atom. The van der Waals surface area contributed by atoms with Gasteiger partial charge >= 0.3 is 0 Å². The maximum atomic E-state index is 12.4. The van der Waals surface area contributed by atoms with E-state index in [1.54, 1.807) is 24.3 Å². The number of ketones is 1. The number of carbonyl (C=O) groups excluding carboxylic acids is 1. The van der Waals surface area contributed by atoms with Crippen LogP contribution < -0.4 is 18.9 Å². The highest BCUT2D eigenvalue weighted by Gasteiger charge is 2.25. The van der Waals surface area contributed by atoms with Gasteiger partial charge in [0.25, 0.3) is 0 Å². The molecule has 0 aliphatic heterocycles. The molecule has 6 heteroatoms. The van der Waals surface area contributed by atoms with Gasteiger partial charge in [-0.1, -0.05) is 18.2 Å². The van der Waals surface area contributed by atoms with Gasteiger partial charge in [0.15, 0.2) is 18.1 Å². The molecule has 0 radical (unpaired) electrons. The summed E-state index contributed by atoms with van der Waals surface area (Å²) in [5.41, 5.74) is -0.0129. The number of hydrogen-bond donors (Lipinski definition) is 1. The van der Waals surface area contributed by atoms with Crippen LogP contribution in [-0.2, 0) is 0 Å². The van der Waals surface area contributed by atoms with Crippen LogP contribution in [0.5, 0.6) is 28.7 Å².